The van der Waals surface area contributed by atoms with Crippen molar-refractivity contribution in [1.29, 1.82) is 10.7 Å². The molecule has 0 aromatic carbocycles. The molecule has 0 atom stereocenters. The molecular formula is C11H13N5. The number of nitriles is 1. The van der Waals surface area contributed by atoms with E-state index in [1.54, 1.807) is 12.3 Å². The molecule has 0 spiro atoms. The van der Waals surface area contributed by atoms with Crippen molar-refractivity contribution < 1.29 is 0 Å². The first-order valence-electron chi connectivity index (χ1n) is 4.40. The van der Waals surface area contributed by atoms with Crippen molar-refractivity contribution in [2.24, 2.45) is 9.98 Å². The van der Waals surface area contributed by atoms with E-state index in [-0.39, 0.29) is 5.57 Å². The number of rotatable bonds is 7. The molecule has 0 aromatic heterocycles. The van der Waals surface area contributed by atoms with Crippen LogP contribution in [-0.2, 0) is 0 Å². The molecule has 82 valence electrons. The Morgan fingerprint density at radius 3 is 2.81 bits per heavy atom. The fraction of sp³-hybridized carbons (Fsp3) is 0.0909. The van der Waals surface area contributed by atoms with Gasteiger partial charge in [-0.2, -0.15) is 5.26 Å². The van der Waals surface area contributed by atoms with Gasteiger partial charge in [-0.15, -0.1) is 0 Å². The van der Waals surface area contributed by atoms with Gasteiger partial charge >= 0.3 is 0 Å². The third kappa shape index (κ3) is 6.05. The molecule has 0 aliphatic carbocycles. The molecule has 0 radical (unpaired) electrons. The molecule has 5 nitrogen and oxygen atoms in total. The Kier molecular flexibility index (Phi) is 7.68. The second-order valence-corrected chi connectivity index (χ2v) is 2.55. The van der Waals surface area contributed by atoms with Gasteiger partial charge in [0.25, 0.3) is 0 Å². The van der Waals surface area contributed by atoms with Crippen molar-refractivity contribution >= 4 is 19.1 Å². The predicted molar refractivity (Wildman–Crippen MR) is 66.8 cm³/mol. The van der Waals surface area contributed by atoms with Gasteiger partial charge in [-0.05, 0) is 6.72 Å². The highest BCUT2D eigenvalue weighted by Gasteiger charge is 1.86. The Balaban J connectivity index is 4.13. The molecule has 0 bridgehead atoms. The maximum absolute atomic E-state index is 8.49. The number of nitrogens with one attached hydrogen (secondary N) is 2. The van der Waals surface area contributed by atoms with Crippen LogP contribution in [0.3, 0.4) is 0 Å². The second-order valence-electron chi connectivity index (χ2n) is 2.55. The summed E-state index contributed by atoms with van der Waals surface area (Å²) in [6.45, 7) is 7.20. The van der Waals surface area contributed by atoms with Gasteiger partial charge in [0.1, 0.15) is 12.7 Å². The van der Waals surface area contributed by atoms with Crippen molar-refractivity contribution in [1.82, 2.24) is 5.32 Å². The van der Waals surface area contributed by atoms with Gasteiger partial charge in [-0.3, -0.25) is 9.98 Å². The third-order valence-corrected chi connectivity index (χ3v) is 1.44. The summed E-state index contributed by atoms with van der Waals surface area (Å²) < 4.78 is 0. The van der Waals surface area contributed by atoms with Crippen LogP contribution in [0.1, 0.15) is 0 Å². The van der Waals surface area contributed by atoms with Crippen LogP contribution in [0.4, 0.5) is 0 Å². The minimum atomic E-state index is 0.238. The SMILES string of the molecule is C=C/C(C=NCN/C=C(/C#N)C=N)=C/N=C. The topological polar surface area (TPSA) is 84.4 Å². The van der Waals surface area contributed by atoms with E-state index >= 15 is 0 Å². The van der Waals surface area contributed by atoms with Crippen LogP contribution >= 0.6 is 0 Å². The van der Waals surface area contributed by atoms with Crippen molar-refractivity contribution in [3.63, 3.8) is 0 Å². The maximum Gasteiger partial charge on any atom is 0.107 e. The molecule has 0 rings (SSSR count). The Labute approximate surface area is 94.7 Å². The summed E-state index contributed by atoms with van der Waals surface area (Å²) in [5, 5.41) is 18.1. The molecule has 0 unspecified atom stereocenters. The summed E-state index contributed by atoms with van der Waals surface area (Å²) in [6.07, 6.45) is 7.11. The van der Waals surface area contributed by atoms with E-state index in [0.29, 0.717) is 6.67 Å². The Bertz CT molecular complexity index is 382. The molecule has 0 aliphatic rings. The van der Waals surface area contributed by atoms with E-state index in [9.17, 15) is 0 Å². The molecule has 0 fully saturated rings. The highest BCUT2D eigenvalue weighted by atomic mass is 15.0. The first-order chi connectivity index (χ1) is 7.78. The molecular weight excluding hydrogens is 202 g/mol. The van der Waals surface area contributed by atoms with Gasteiger partial charge in [0, 0.05) is 30.4 Å². The molecule has 0 heterocycles. The van der Waals surface area contributed by atoms with Gasteiger partial charge in [0.05, 0.1) is 5.57 Å². The lowest BCUT2D eigenvalue weighted by atomic mass is 10.3. The quantitative estimate of drug-likeness (QED) is 0.291. The van der Waals surface area contributed by atoms with Crippen molar-refractivity contribution in [2.75, 3.05) is 6.67 Å². The van der Waals surface area contributed by atoms with E-state index in [1.165, 1.54) is 12.4 Å². The summed E-state index contributed by atoms with van der Waals surface area (Å²) in [5.41, 5.74) is 0.982. The maximum atomic E-state index is 8.49. The van der Waals surface area contributed by atoms with Gasteiger partial charge in [0.15, 0.2) is 0 Å². The number of hydrogen-bond donors (Lipinski definition) is 2. The Morgan fingerprint density at radius 1 is 1.56 bits per heavy atom. The van der Waals surface area contributed by atoms with Gasteiger partial charge in [-0.1, -0.05) is 12.7 Å². The molecule has 16 heavy (non-hydrogen) atoms. The van der Waals surface area contributed by atoms with Crippen molar-refractivity contribution in [2.45, 2.75) is 0 Å². The lowest BCUT2D eigenvalue weighted by molar-refractivity contribution is 0.886. The highest BCUT2D eigenvalue weighted by Crippen LogP contribution is 1.91. The molecule has 2 N–H and O–H groups in total. The zero-order valence-corrected chi connectivity index (χ0v) is 8.85. The van der Waals surface area contributed by atoms with E-state index in [2.05, 4.69) is 28.6 Å². The third-order valence-electron chi connectivity index (χ3n) is 1.44. The summed E-state index contributed by atoms with van der Waals surface area (Å²) in [5.74, 6) is 0. The normalized spacial score (nSPS) is 11.9. The van der Waals surface area contributed by atoms with Crippen molar-refractivity contribution in [3.05, 3.63) is 36.2 Å². The first-order valence-corrected chi connectivity index (χ1v) is 4.40. The fourth-order valence-electron chi connectivity index (χ4n) is 0.710. The Morgan fingerprint density at radius 2 is 2.31 bits per heavy atom. The van der Waals surface area contributed by atoms with Gasteiger partial charge in [0.2, 0.25) is 0 Å². The van der Waals surface area contributed by atoms with Gasteiger partial charge in [-0.25, -0.2) is 0 Å². The lowest BCUT2D eigenvalue weighted by Crippen LogP contribution is -2.06. The smallest absolute Gasteiger partial charge is 0.107 e. The number of allylic oxidation sites excluding steroid dienone is 3. The van der Waals surface area contributed by atoms with E-state index in [0.717, 1.165) is 11.8 Å². The standard InChI is InChI=1S/C11H13N5/c1-3-10(6-14-2)7-15-9-16-8-11(4-12)5-13/h3-4,6-8,12,16H,1-2,9H2/b10-6-,11-8+,12-4?,15-7?. The monoisotopic (exact) mass is 215 g/mol. The predicted octanol–water partition coefficient (Wildman–Crippen LogP) is 1.43. The summed E-state index contributed by atoms with van der Waals surface area (Å²) in [6, 6.07) is 1.84. The van der Waals surface area contributed by atoms with Gasteiger partial charge < -0.3 is 10.7 Å². The summed E-state index contributed by atoms with van der Waals surface area (Å²) in [4.78, 5) is 7.59. The van der Waals surface area contributed by atoms with Crippen LogP contribution < -0.4 is 5.32 Å². The minimum Gasteiger partial charge on any atom is -0.371 e. The minimum absolute atomic E-state index is 0.238. The van der Waals surface area contributed by atoms with Crippen LogP contribution in [0.5, 0.6) is 0 Å². The average molecular weight is 215 g/mol. The van der Waals surface area contributed by atoms with E-state index < -0.39 is 0 Å². The molecule has 0 amide bonds. The van der Waals surface area contributed by atoms with Crippen LogP contribution in [0.25, 0.3) is 0 Å². The number of nitrogens with zero attached hydrogens (tertiary/aromatic N) is 3. The van der Waals surface area contributed by atoms with Crippen LogP contribution in [0, 0.1) is 16.7 Å². The molecule has 0 saturated heterocycles. The molecule has 0 aliphatic heterocycles. The largest absolute Gasteiger partial charge is 0.371 e. The number of hydrogen-bond acceptors (Lipinski definition) is 5. The summed E-state index contributed by atoms with van der Waals surface area (Å²) in [7, 11) is 0. The molecule has 5 heteroatoms. The second kappa shape index (κ2) is 9.09. The van der Waals surface area contributed by atoms with Crippen molar-refractivity contribution in [3.8, 4) is 6.07 Å². The molecule has 0 saturated carbocycles. The first kappa shape index (κ1) is 13.5. The summed E-state index contributed by atoms with van der Waals surface area (Å²) >= 11 is 0. The van der Waals surface area contributed by atoms with E-state index in [4.69, 9.17) is 10.7 Å². The van der Waals surface area contributed by atoms with Crippen LogP contribution in [-0.4, -0.2) is 25.8 Å². The highest BCUT2D eigenvalue weighted by molar-refractivity contribution is 5.82. The van der Waals surface area contributed by atoms with Crippen LogP contribution in [0.15, 0.2) is 46.2 Å². The number of aliphatic imine (C=N–C) groups is 2. The fourth-order valence-corrected chi connectivity index (χ4v) is 0.710. The van der Waals surface area contributed by atoms with Crippen LogP contribution in [0.2, 0.25) is 0 Å². The lowest BCUT2D eigenvalue weighted by Gasteiger charge is -1.94. The van der Waals surface area contributed by atoms with E-state index in [1.807, 2.05) is 6.07 Å². The zero-order valence-electron chi connectivity index (χ0n) is 8.85. The average Bonchev–Trinajstić information content (AvgIpc) is 2.32. The molecule has 0 aromatic rings. The Hall–Kier alpha value is -2.48. The zero-order chi connectivity index (χ0) is 12.2.